The third kappa shape index (κ3) is 3.31. The normalized spacial score (nSPS) is 10.0. The molecule has 1 amide bonds. The van der Waals surface area contributed by atoms with Crippen LogP contribution in [0, 0.1) is 0 Å². The van der Waals surface area contributed by atoms with Crippen LogP contribution in [-0.2, 0) is 11.2 Å². The van der Waals surface area contributed by atoms with Crippen molar-refractivity contribution in [2.45, 2.75) is 12.8 Å². The third-order valence-electron chi connectivity index (χ3n) is 2.55. The Labute approximate surface area is 105 Å². The third-order valence-corrected chi connectivity index (χ3v) is 2.55. The largest absolute Gasteiger partial charge is 0.508 e. The van der Waals surface area contributed by atoms with Gasteiger partial charge >= 0.3 is 0 Å². The topological polar surface area (TPSA) is 62.2 Å². The lowest BCUT2D eigenvalue weighted by atomic mass is 10.1. The van der Waals surface area contributed by atoms with Gasteiger partial charge in [-0.15, -0.1) is 0 Å². The number of aryl methyl sites for hydroxylation is 1. The van der Waals surface area contributed by atoms with Crippen LogP contribution in [0.1, 0.15) is 12.0 Å². The Morgan fingerprint density at radius 2 is 1.94 bits per heavy atom. The van der Waals surface area contributed by atoms with Crippen LogP contribution in [0.2, 0.25) is 0 Å². The van der Waals surface area contributed by atoms with Gasteiger partial charge in [0.05, 0.1) is 0 Å². The van der Waals surface area contributed by atoms with Gasteiger partial charge in [0.15, 0.2) is 0 Å². The fraction of sp³-hybridized carbons (Fsp3) is 0.143. The summed E-state index contributed by atoms with van der Waals surface area (Å²) in [5.74, 6) is 0.653. The van der Waals surface area contributed by atoms with Crippen LogP contribution < -0.4 is 5.32 Å². The lowest BCUT2D eigenvalue weighted by Gasteiger charge is -2.05. The van der Waals surface area contributed by atoms with E-state index in [0.717, 1.165) is 5.56 Å². The second-order valence-corrected chi connectivity index (χ2v) is 3.89. The number of nitrogens with zero attached hydrogens (tertiary/aromatic N) is 1. The van der Waals surface area contributed by atoms with Gasteiger partial charge in [-0.2, -0.15) is 0 Å². The summed E-state index contributed by atoms with van der Waals surface area (Å²) in [5, 5.41) is 12.3. The number of aromatic hydroxyl groups is 1. The molecule has 1 aromatic heterocycles. The van der Waals surface area contributed by atoms with E-state index in [9.17, 15) is 9.90 Å². The number of phenols is 1. The van der Waals surface area contributed by atoms with E-state index in [2.05, 4.69) is 10.3 Å². The Morgan fingerprint density at radius 3 is 2.67 bits per heavy atom. The fourth-order valence-electron chi connectivity index (χ4n) is 1.61. The molecular formula is C14H14N2O2. The van der Waals surface area contributed by atoms with Crippen LogP contribution in [0.25, 0.3) is 0 Å². The first-order valence-electron chi connectivity index (χ1n) is 5.73. The molecule has 1 heterocycles. The lowest BCUT2D eigenvalue weighted by Crippen LogP contribution is -2.13. The summed E-state index contributed by atoms with van der Waals surface area (Å²) in [4.78, 5) is 15.7. The highest BCUT2D eigenvalue weighted by Crippen LogP contribution is 2.17. The zero-order valence-electron chi connectivity index (χ0n) is 9.84. The number of para-hydroxylation sites is 1. The number of hydrogen-bond donors (Lipinski definition) is 2. The minimum atomic E-state index is -0.114. The van der Waals surface area contributed by atoms with Crippen molar-refractivity contribution in [3.8, 4) is 5.75 Å². The minimum Gasteiger partial charge on any atom is -0.508 e. The Balaban J connectivity index is 1.88. The van der Waals surface area contributed by atoms with Crippen molar-refractivity contribution in [1.29, 1.82) is 0 Å². The molecule has 4 heteroatoms. The Morgan fingerprint density at radius 1 is 1.17 bits per heavy atom. The van der Waals surface area contributed by atoms with Crippen molar-refractivity contribution in [1.82, 2.24) is 4.98 Å². The Kier molecular flexibility index (Phi) is 3.91. The molecule has 0 aliphatic carbocycles. The molecule has 92 valence electrons. The van der Waals surface area contributed by atoms with Crippen molar-refractivity contribution >= 4 is 11.7 Å². The van der Waals surface area contributed by atoms with Gasteiger partial charge in [-0.3, -0.25) is 4.79 Å². The van der Waals surface area contributed by atoms with Crippen molar-refractivity contribution in [3.63, 3.8) is 0 Å². The van der Waals surface area contributed by atoms with Gasteiger partial charge in [0.25, 0.3) is 0 Å². The van der Waals surface area contributed by atoms with Gasteiger partial charge in [0.1, 0.15) is 11.6 Å². The number of nitrogens with one attached hydrogen (secondary N) is 1. The maximum atomic E-state index is 11.7. The number of amides is 1. The molecule has 0 spiro atoms. The van der Waals surface area contributed by atoms with Gasteiger partial charge in [-0.1, -0.05) is 24.3 Å². The first-order chi connectivity index (χ1) is 8.75. The van der Waals surface area contributed by atoms with Crippen molar-refractivity contribution in [2.75, 3.05) is 5.32 Å². The highest BCUT2D eigenvalue weighted by molar-refractivity contribution is 5.89. The van der Waals surface area contributed by atoms with E-state index in [1.165, 1.54) is 0 Å². The van der Waals surface area contributed by atoms with Gasteiger partial charge in [-0.25, -0.2) is 4.98 Å². The number of hydrogen-bond acceptors (Lipinski definition) is 3. The molecule has 0 aliphatic rings. The van der Waals surface area contributed by atoms with Crippen LogP contribution in [0.5, 0.6) is 5.75 Å². The molecule has 18 heavy (non-hydrogen) atoms. The molecule has 0 fully saturated rings. The molecule has 0 saturated heterocycles. The first kappa shape index (κ1) is 12.1. The number of phenolic OH excluding ortho intramolecular Hbond substituents is 1. The predicted octanol–water partition coefficient (Wildman–Crippen LogP) is 2.36. The van der Waals surface area contributed by atoms with Gasteiger partial charge in [0.2, 0.25) is 5.91 Å². The second-order valence-electron chi connectivity index (χ2n) is 3.89. The molecular weight excluding hydrogens is 228 g/mol. The maximum Gasteiger partial charge on any atom is 0.225 e. The highest BCUT2D eigenvalue weighted by atomic mass is 16.3. The van der Waals surface area contributed by atoms with Gasteiger partial charge in [-0.05, 0) is 30.2 Å². The van der Waals surface area contributed by atoms with E-state index < -0.39 is 0 Å². The minimum absolute atomic E-state index is 0.114. The quantitative estimate of drug-likeness (QED) is 0.865. The number of carbonyl (C=O) groups is 1. The number of pyridine rings is 1. The van der Waals surface area contributed by atoms with Crippen LogP contribution in [0.15, 0.2) is 48.7 Å². The average Bonchev–Trinajstić information content (AvgIpc) is 2.39. The van der Waals surface area contributed by atoms with Crippen LogP contribution in [0.4, 0.5) is 5.82 Å². The van der Waals surface area contributed by atoms with E-state index in [0.29, 0.717) is 18.7 Å². The van der Waals surface area contributed by atoms with Crippen molar-refractivity contribution < 1.29 is 9.90 Å². The smallest absolute Gasteiger partial charge is 0.225 e. The van der Waals surface area contributed by atoms with Crippen LogP contribution >= 0.6 is 0 Å². The van der Waals surface area contributed by atoms with E-state index in [4.69, 9.17) is 0 Å². The fourth-order valence-corrected chi connectivity index (χ4v) is 1.61. The molecule has 0 bridgehead atoms. The Hall–Kier alpha value is -2.36. The molecule has 2 N–H and O–H groups in total. The summed E-state index contributed by atoms with van der Waals surface area (Å²) in [7, 11) is 0. The zero-order valence-corrected chi connectivity index (χ0v) is 9.84. The molecule has 0 atom stereocenters. The summed E-state index contributed by atoms with van der Waals surface area (Å²) in [6.07, 6.45) is 2.44. The molecule has 0 radical (unpaired) electrons. The summed E-state index contributed by atoms with van der Waals surface area (Å²) >= 11 is 0. The lowest BCUT2D eigenvalue weighted by molar-refractivity contribution is -0.116. The summed E-state index contributed by atoms with van der Waals surface area (Å²) < 4.78 is 0. The van der Waals surface area contributed by atoms with Crippen molar-refractivity contribution in [2.24, 2.45) is 0 Å². The molecule has 4 nitrogen and oxygen atoms in total. The standard InChI is InChI=1S/C14H14N2O2/c17-12-6-2-1-5-11(12)8-9-14(18)16-13-7-3-4-10-15-13/h1-7,10,17H,8-9H2,(H,15,16,18). The first-order valence-corrected chi connectivity index (χ1v) is 5.73. The summed E-state index contributed by atoms with van der Waals surface area (Å²) in [6.45, 7) is 0. The number of anilines is 1. The number of benzene rings is 1. The average molecular weight is 242 g/mol. The van der Waals surface area contributed by atoms with E-state index >= 15 is 0 Å². The zero-order chi connectivity index (χ0) is 12.8. The molecule has 0 unspecified atom stereocenters. The summed E-state index contributed by atoms with van der Waals surface area (Å²) in [6, 6.07) is 12.4. The second kappa shape index (κ2) is 5.82. The molecule has 2 aromatic rings. The predicted molar refractivity (Wildman–Crippen MR) is 69.3 cm³/mol. The van der Waals surface area contributed by atoms with Gasteiger partial charge in [0, 0.05) is 12.6 Å². The molecule has 0 saturated carbocycles. The summed E-state index contributed by atoms with van der Waals surface area (Å²) in [5.41, 5.74) is 0.772. The maximum absolute atomic E-state index is 11.7. The number of carbonyl (C=O) groups excluding carboxylic acids is 1. The Bertz CT molecular complexity index is 526. The van der Waals surface area contributed by atoms with Gasteiger partial charge < -0.3 is 10.4 Å². The highest BCUT2D eigenvalue weighted by Gasteiger charge is 2.05. The van der Waals surface area contributed by atoms with Crippen LogP contribution in [0.3, 0.4) is 0 Å². The van der Waals surface area contributed by atoms with Crippen LogP contribution in [-0.4, -0.2) is 16.0 Å². The number of aromatic nitrogens is 1. The SMILES string of the molecule is O=C(CCc1ccccc1O)Nc1ccccn1. The molecule has 2 rings (SSSR count). The van der Waals surface area contributed by atoms with E-state index in [1.54, 1.807) is 30.5 Å². The van der Waals surface area contributed by atoms with E-state index in [1.807, 2.05) is 18.2 Å². The monoisotopic (exact) mass is 242 g/mol. The number of rotatable bonds is 4. The molecule has 1 aromatic carbocycles. The molecule has 0 aliphatic heterocycles. The van der Waals surface area contributed by atoms with E-state index in [-0.39, 0.29) is 11.7 Å². The van der Waals surface area contributed by atoms with Crippen molar-refractivity contribution in [3.05, 3.63) is 54.2 Å².